The van der Waals surface area contributed by atoms with Gasteiger partial charge >= 0.3 is 0 Å². The van der Waals surface area contributed by atoms with E-state index in [2.05, 4.69) is 10.6 Å². The smallest absolute Gasteiger partial charge is 0.242 e. The Kier molecular flexibility index (Phi) is 8.30. The predicted molar refractivity (Wildman–Crippen MR) is 92.0 cm³/mol. The van der Waals surface area contributed by atoms with Gasteiger partial charge < -0.3 is 10.2 Å². The Morgan fingerprint density at radius 1 is 1.36 bits per heavy atom. The predicted octanol–water partition coefficient (Wildman–Crippen LogP) is 1.24. The summed E-state index contributed by atoms with van der Waals surface area (Å²) in [4.78, 5) is 25.8. The second-order valence-electron chi connectivity index (χ2n) is 4.88. The number of benzene rings is 1. The van der Waals surface area contributed by atoms with Gasteiger partial charge in [-0.05, 0) is 12.5 Å². The fraction of sp³-hybridized carbons (Fsp3) is 0.467. The van der Waals surface area contributed by atoms with Gasteiger partial charge in [0.25, 0.3) is 0 Å². The highest BCUT2D eigenvalue weighted by Crippen LogP contribution is 2.09. The van der Waals surface area contributed by atoms with Crippen LogP contribution in [0.15, 0.2) is 30.3 Å². The minimum atomic E-state index is -0.174. The lowest BCUT2D eigenvalue weighted by molar-refractivity contribution is -0.133. The van der Waals surface area contributed by atoms with Gasteiger partial charge in [0.1, 0.15) is 0 Å². The normalized spacial score (nSPS) is 16.7. The molecule has 2 amide bonds. The fourth-order valence-electron chi connectivity index (χ4n) is 2.14. The van der Waals surface area contributed by atoms with Crippen molar-refractivity contribution < 1.29 is 9.59 Å². The highest BCUT2D eigenvalue weighted by Gasteiger charge is 2.23. The molecule has 122 valence electrons. The number of rotatable bonds is 6. The third kappa shape index (κ3) is 5.51. The fourth-order valence-corrected chi connectivity index (χ4v) is 3.08. The number of hydrogen-bond donors (Lipinski definition) is 2. The molecule has 5 nitrogen and oxygen atoms in total. The van der Waals surface area contributed by atoms with E-state index >= 15 is 0 Å². The zero-order valence-corrected chi connectivity index (χ0v) is 14.2. The third-order valence-corrected chi connectivity index (χ3v) is 4.34. The van der Waals surface area contributed by atoms with Crippen LogP contribution in [0.3, 0.4) is 0 Å². The molecular formula is C15H22ClN3O2S. The summed E-state index contributed by atoms with van der Waals surface area (Å²) in [5, 5.41) is 5.81. The standard InChI is InChI=1S/C15H21N3O2S.ClH/c1-2-18(9-12-6-4-3-5-7-12)14(19)8-16-15(20)13-10-21-11-17-13;/h3-7,13,17H,2,8-11H2,1H3,(H,16,20);1H. The highest BCUT2D eigenvalue weighted by atomic mass is 35.5. The summed E-state index contributed by atoms with van der Waals surface area (Å²) in [7, 11) is 0. The number of carbonyl (C=O) groups is 2. The van der Waals surface area contributed by atoms with Crippen LogP contribution < -0.4 is 10.6 Å². The van der Waals surface area contributed by atoms with Gasteiger partial charge in [0.2, 0.25) is 11.8 Å². The van der Waals surface area contributed by atoms with Gasteiger partial charge in [-0.2, -0.15) is 0 Å². The summed E-state index contributed by atoms with van der Waals surface area (Å²) in [5.41, 5.74) is 1.09. The molecule has 1 fully saturated rings. The van der Waals surface area contributed by atoms with Gasteiger partial charge in [-0.25, -0.2) is 0 Å². The molecule has 1 saturated heterocycles. The molecule has 1 heterocycles. The van der Waals surface area contributed by atoms with Crippen LogP contribution in [0.1, 0.15) is 12.5 Å². The number of carbonyl (C=O) groups excluding carboxylic acids is 2. The molecule has 2 N–H and O–H groups in total. The first-order valence-corrected chi connectivity index (χ1v) is 8.26. The van der Waals surface area contributed by atoms with Crippen LogP contribution >= 0.6 is 24.2 Å². The maximum absolute atomic E-state index is 12.2. The Hall–Kier alpha value is -1.24. The molecule has 2 rings (SSSR count). The van der Waals surface area contributed by atoms with Crippen LogP contribution in [-0.4, -0.2) is 47.5 Å². The van der Waals surface area contributed by atoms with Crippen LogP contribution in [0.25, 0.3) is 0 Å². The zero-order valence-electron chi connectivity index (χ0n) is 12.6. The summed E-state index contributed by atoms with van der Waals surface area (Å²) < 4.78 is 0. The highest BCUT2D eigenvalue weighted by molar-refractivity contribution is 7.99. The van der Waals surface area contributed by atoms with Gasteiger partial charge in [0.15, 0.2) is 0 Å². The largest absolute Gasteiger partial charge is 0.346 e. The maximum Gasteiger partial charge on any atom is 0.242 e. The molecule has 1 aromatic rings. The number of likely N-dealkylation sites (N-methyl/N-ethyl adjacent to an activating group) is 1. The van der Waals surface area contributed by atoms with E-state index in [4.69, 9.17) is 0 Å². The van der Waals surface area contributed by atoms with E-state index in [0.29, 0.717) is 13.1 Å². The van der Waals surface area contributed by atoms with E-state index in [9.17, 15) is 9.59 Å². The molecule has 22 heavy (non-hydrogen) atoms. The van der Waals surface area contributed by atoms with Gasteiger partial charge in [0.05, 0.1) is 12.6 Å². The van der Waals surface area contributed by atoms with Crippen LogP contribution in [0.2, 0.25) is 0 Å². The lowest BCUT2D eigenvalue weighted by Crippen LogP contribution is -2.46. The van der Waals surface area contributed by atoms with E-state index in [1.807, 2.05) is 37.3 Å². The minimum absolute atomic E-state index is 0. The Morgan fingerprint density at radius 3 is 2.68 bits per heavy atom. The maximum atomic E-state index is 12.2. The molecule has 1 unspecified atom stereocenters. The Balaban J connectivity index is 0.00000242. The Morgan fingerprint density at radius 2 is 2.09 bits per heavy atom. The lowest BCUT2D eigenvalue weighted by Gasteiger charge is -2.21. The number of nitrogens with zero attached hydrogens (tertiary/aromatic N) is 1. The number of halogens is 1. The first-order valence-electron chi connectivity index (χ1n) is 7.11. The summed E-state index contributed by atoms with van der Waals surface area (Å²) >= 11 is 1.69. The molecule has 1 aliphatic rings. The van der Waals surface area contributed by atoms with Crippen molar-refractivity contribution in [2.75, 3.05) is 24.7 Å². The summed E-state index contributed by atoms with van der Waals surface area (Å²) in [6.07, 6.45) is 0. The monoisotopic (exact) mass is 343 g/mol. The van der Waals surface area contributed by atoms with Crippen LogP contribution in [0.4, 0.5) is 0 Å². The van der Waals surface area contributed by atoms with Gasteiger partial charge in [-0.3, -0.25) is 14.9 Å². The molecule has 1 aromatic carbocycles. The molecule has 0 spiro atoms. The second-order valence-corrected chi connectivity index (χ2v) is 5.91. The molecule has 0 saturated carbocycles. The first kappa shape index (κ1) is 18.8. The van der Waals surface area contributed by atoms with Crippen molar-refractivity contribution in [1.29, 1.82) is 0 Å². The van der Waals surface area contributed by atoms with Crippen molar-refractivity contribution in [2.24, 2.45) is 0 Å². The Labute approximate surface area is 141 Å². The Bertz CT molecular complexity index is 481. The topological polar surface area (TPSA) is 61.4 Å². The number of nitrogens with one attached hydrogen (secondary N) is 2. The second kappa shape index (κ2) is 9.71. The van der Waals surface area contributed by atoms with Crippen molar-refractivity contribution >= 4 is 36.0 Å². The molecule has 0 aliphatic carbocycles. The summed E-state index contributed by atoms with van der Waals surface area (Å²) in [5.74, 6) is 1.41. The van der Waals surface area contributed by atoms with Gasteiger partial charge in [-0.1, -0.05) is 30.3 Å². The van der Waals surface area contributed by atoms with Crippen LogP contribution in [0, 0.1) is 0 Å². The molecule has 0 radical (unpaired) electrons. The molecule has 0 bridgehead atoms. The molecule has 1 aliphatic heterocycles. The molecule has 7 heteroatoms. The van der Waals surface area contributed by atoms with Crippen molar-refractivity contribution in [3.05, 3.63) is 35.9 Å². The van der Waals surface area contributed by atoms with Crippen molar-refractivity contribution in [3.8, 4) is 0 Å². The third-order valence-electron chi connectivity index (χ3n) is 3.40. The average molecular weight is 344 g/mol. The zero-order chi connectivity index (χ0) is 15.1. The lowest BCUT2D eigenvalue weighted by atomic mass is 10.2. The van der Waals surface area contributed by atoms with Crippen molar-refractivity contribution in [2.45, 2.75) is 19.5 Å². The molecule has 1 atom stereocenters. The van der Waals surface area contributed by atoms with E-state index in [1.54, 1.807) is 16.7 Å². The van der Waals surface area contributed by atoms with E-state index in [1.165, 1.54) is 0 Å². The number of hydrogen-bond acceptors (Lipinski definition) is 4. The summed E-state index contributed by atoms with van der Waals surface area (Å²) in [6.45, 7) is 3.20. The van der Waals surface area contributed by atoms with Gasteiger partial charge in [-0.15, -0.1) is 24.2 Å². The van der Waals surface area contributed by atoms with Crippen LogP contribution in [0.5, 0.6) is 0 Å². The van der Waals surface area contributed by atoms with Gasteiger partial charge in [0, 0.05) is 24.7 Å². The molecule has 0 aromatic heterocycles. The number of thioether (sulfide) groups is 1. The van der Waals surface area contributed by atoms with Crippen LogP contribution in [-0.2, 0) is 16.1 Å². The van der Waals surface area contributed by atoms with E-state index < -0.39 is 0 Å². The first-order chi connectivity index (χ1) is 10.2. The molecular weight excluding hydrogens is 322 g/mol. The number of amides is 2. The SMILES string of the molecule is CCN(Cc1ccccc1)C(=O)CNC(=O)C1CSCN1.Cl. The average Bonchev–Trinajstić information content (AvgIpc) is 3.05. The van der Waals surface area contributed by atoms with E-state index in [-0.39, 0.29) is 36.8 Å². The van der Waals surface area contributed by atoms with Crippen molar-refractivity contribution in [3.63, 3.8) is 0 Å². The van der Waals surface area contributed by atoms with E-state index in [0.717, 1.165) is 17.2 Å². The minimum Gasteiger partial charge on any atom is -0.346 e. The summed E-state index contributed by atoms with van der Waals surface area (Å²) in [6, 6.07) is 9.68. The quantitative estimate of drug-likeness (QED) is 0.815. The van der Waals surface area contributed by atoms with Crippen molar-refractivity contribution in [1.82, 2.24) is 15.5 Å².